The lowest BCUT2D eigenvalue weighted by molar-refractivity contribution is -0.133. The molecule has 114 valence electrons. The molecule has 0 bridgehead atoms. The van der Waals surface area contributed by atoms with E-state index < -0.39 is 0 Å². The lowest BCUT2D eigenvalue weighted by atomic mass is 9.98. The molecule has 4 heteroatoms. The highest BCUT2D eigenvalue weighted by atomic mass is 32.1. The molecule has 1 aliphatic heterocycles. The van der Waals surface area contributed by atoms with Crippen LogP contribution in [0, 0.1) is 11.3 Å². The van der Waals surface area contributed by atoms with Gasteiger partial charge in [0.05, 0.1) is 5.54 Å². The van der Waals surface area contributed by atoms with Gasteiger partial charge in [-0.15, -0.1) is 0 Å². The van der Waals surface area contributed by atoms with E-state index in [4.69, 9.17) is 0 Å². The van der Waals surface area contributed by atoms with Gasteiger partial charge in [0.25, 0.3) is 0 Å². The quantitative estimate of drug-likeness (QED) is 0.926. The Morgan fingerprint density at radius 3 is 2.67 bits per heavy atom. The van der Waals surface area contributed by atoms with Gasteiger partial charge in [-0.2, -0.15) is 11.3 Å². The number of rotatable bonds is 3. The third-order valence-corrected chi connectivity index (χ3v) is 6.55. The van der Waals surface area contributed by atoms with E-state index in [0.29, 0.717) is 17.2 Å². The van der Waals surface area contributed by atoms with Crippen LogP contribution in [0.25, 0.3) is 0 Å². The van der Waals surface area contributed by atoms with E-state index in [0.717, 1.165) is 19.4 Å². The van der Waals surface area contributed by atoms with Gasteiger partial charge < -0.3 is 4.90 Å². The van der Waals surface area contributed by atoms with Crippen molar-refractivity contribution in [2.24, 2.45) is 11.3 Å². The number of hydrogen-bond donors (Lipinski definition) is 1. The van der Waals surface area contributed by atoms with E-state index in [-0.39, 0.29) is 11.7 Å². The second-order valence-electron chi connectivity index (χ2n) is 7.74. The zero-order valence-electron chi connectivity index (χ0n) is 12.9. The van der Waals surface area contributed by atoms with Crippen LogP contribution in [-0.2, 0) is 4.79 Å². The van der Waals surface area contributed by atoms with Crippen molar-refractivity contribution in [3.8, 4) is 0 Å². The minimum Gasteiger partial charge on any atom is -0.321 e. The van der Waals surface area contributed by atoms with E-state index in [1.165, 1.54) is 24.8 Å². The van der Waals surface area contributed by atoms with Crippen molar-refractivity contribution < 1.29 is 4.79 Å². The smallest absolute Gasteiger partial charge is 0.244 e. The predicted octanol–water partition coefficient (Wildman–Crippen LogP) is 3.54. The first kappa shape index (κ1) is 13.8. The summed E-state index contributed by atoms with van der Waals surface area (Å²) in [5.74, 6) is 1.03. The summed E-state index contributed by atoms with van der Waals surface area (Å²) in [5, 5.41) is 8.01. The molecule has 0 radical (unpaired) electrons. The summed E-state index contributed by atoms with van der Waals surface area (Å²) in [5.41, 5.74) is 1.42. The van der Waals surface area contributed by atoms with Gasteiger partial charge in [-0.3, -0.25) is 10.1 Å². The number of nitrogens with zero attached hydrogens (tertiary/aromatic N) is 1. The lowest BCUT2D eigenvalue weighted by Crippen LogP contribution is -2.44. The highest BCUT2D eigenvalue weighted by Gasteiger charge is 2.55. The van der Waals surface area contributed by atoms with Crippen molar-refractivity contribution >= 4 is 17.2 Å². The molecule has 0 aromatic carbocycles. The first-order chi connectivity index (χ1) is 10.0. The average Bonchev–Trinajstić information content (AvgIpc) is 2.96. The van der Waals surface area contributed by atoms with Gasteiger partial charge in [-0.05, 0) is 53.0 Å². The topological polar surface area (TPSA) is 32.3 Å². The van der Waals surface area contributed by atoms with E-state index in [1.54, 1.807) is 11.3 Å². The molecule has 4 rings (SSSR count). The maximum Gasteiger partial charge on any atom is 0.244 e. The molecule has 3 aliphatic rings. The van der Waals surface area contributed by atoms with Gasteiger partial charge in [-0.25, -0.2) is 0 Å². The molecule has 2 saturated carbocycles. The Morgan fingerprint density at radius 2 is 2.10 bits per heavy atom. The number of amides is 1. The second kappa shape index (κ2) is 4.56. The molecule has 1 aromatic rings. The molecular weight excluding hydrogens is 280 g/mol. The Hall–Kier alpha value is -0.870. The highest BCUT2D eigenvalue weighted by Crippen LogP contribution is 2.53. The fraction of sp³-hybridized carbons (Fsp3) is 0.706. The first-order valence-electron chi connectivity index (χ1n) is 8.13. The van der Waals surface area contributed by atoms with Gasteiger partial charge in [0, 0.05) is 6.54 Å². The normalized spacial score (nSPS) is 33.0. The van der Waals surface area contributed by atoms with E-state index in [1.807, 2.05) is 0 Å². The van der Waals surface area contributed by atoms with Crippen LogP contribution in [0.1, 0.15) is 57.7 Å². The maximum atomic E-state index is 13.1. The molecule has 2 unspecified atom stereocenters. The Balaban J connectivity index is 1.62. The Labute approximate surface area is 130 Å². The van der Waals surface area contributed by atoms with Crippen molar-refractivity contribution in [3.63, 3.8) is 0 Å². The van der Waals surface area contributed by atoms with Crippen LogP contribution in [0.15, 0.2) is 16.8 Å². The summed E-state index contributed by atoms with van der Waals surface area (Å²) in [6.07, 6.45) is 5.72. The maximum absolute atomic E-state index is 13.1. The van der Waals surface area contributed by atoms with Gasteiger partial charge in [0.15, 0.2) is 0 Å². The molecule has 2 aliphatic carbocycles. The minimum atomic E-state index is -0.258. The molecule has 21 heavy (non-hydrogen) atoms. The first-order valence-corrected chi connectivity index (χ1v) is 9.07. The largest absolute Gasteiger partial charge is 0.321 e. The summed E-state index contributed by atoms with van der Waals surface area (Å²) < 4.78 is 0. The van der Waals surface area contributed by atoms with Crippen LogP contribution in [0.4, 0.5) is 0 Å². The monoisotopic (exact) mass is 304 g/mol. The van der Waals surface area contributed by atoms with Gasteiger partial charge >= 0.3 is 0 Å². The van der Waals surface area contributed by atoms with Crippen molar-refractivity contribution in [2.45, 2.75) is 57.7 Å². The van der Waals surface area contributed by atoms with E-state index >= 15 is 0 Å². The van der Waals surface area contributed by atoms with Crippen LogP contribution in [0.2, 0.25) is 0 Å². The molecule has 1 saturated heterocycles. The van der Waals surface area contributed by atoms with Crippen molar-refractivity contribution in [1.82, 2.24) is 10.2 Å². The Kier molecular flexibility index (Phi) is 2.99. The number of thiophene rings is 1. The average molecular weight is 304 g/mol. The molecule has 1 amide bonds. The molecule has 2 atom stereocenters. The van der Waals surface area contributed by atoms with E-state index in [2.05, 4.69) is 40.9 Å². The second-order valence-corrected chi connectivity index (χ2v) is 8.52. The van der Waals surface area contributed by atoms with Crippen LogP contribution in [0.5, 0.6) is 0 Å². The Morgan fingerprint density at radius 1 is 1.38 bits per heavy atom. The molecule has 1 N–H and O–H groups in total. The molecule has 1 spiro atoms. The standard InChI is InChI=1S/C17H24N2OS/c1-16(2)9-13(16)10-19-14(12-5-8-21-11-12)18-17(15(19)20)6-3-4-7-17/h5,8,11,13-14,18H,3-4,6-7,9-10H2,1-2H3. The van der Waals surface area contributed by atoms with Crippen LogP contribution < -0.4 is 5.32 Å². The fourth-order valence-electron chi connectivity index (χ4n) is 4.14. The number of carbonyl (C=O) groups excluding carboxylic acids is 1. The van der Waals surface area contributed by atoms with Gasteiger partial charge in [-0.1, -0.05) is 26.7 Å². The van der Waals surface area contributed by atoms with Gasteiger partial charge in [0.2, 0.25) is 5.91 Å². The SMILES string of the molecule is CC1(C)CC1CN1C(=O)C2(CCCC2)NC1c1ccsc1. The summed E-state index contributed by atoms with van der Waals surface area (Å²) in [7, 11) is 0. The van der Waals surface area contributed by atoms with Gasteiger partial charge in [0.1, 0.15) is 6.17 Å². The lowest BCUT2D eigenvalue weighted by Gasteiger charge is -2.24. The summed E-state index contributed by atoms with van der Waals surface area (Å²) >= 11 is 1.72. The fourth-order valence-corrected chi connectivity index (χ4v) is 4.82. The minimum absolute atomic E-state index is 0.0956. The van der Waals surface area contributed by atoms with Crippen LogP contribution >= 0.6 is 11.3 Å². The predicted molar refractivity (Wildman–Crippen MR) is 85.0 cm³/mol. The van der Waals surface area contributed by atoms with Crippen LogP contribution in [-0.4, -0.2) is 22.9 Å². The van der Waals surface area contributed by atoms with E-state index in [9.17, 15) is 4.79 Å². The van der Waals surface area contributed by atoms with Crippen LogP contribution in [0.3, 0.4) is 0 Å². The van der Waals surface area contributed by atoms with Crippen molar-refractivity contribution in [1.29, 1.82) is 0 Å². The molecular formula is C17H24N2OS. The van der Waals surface area contributed by atoms with Crippen molar-refractivity contribution in [2.75, 3.05) is 6.54 Å². The molecule has 1 aromatic heterocycles. The highest BCUT2D eigenvalue weighted by molar-refractivity contribution is 7.07. The molecule has 3 fully saturated rings. The zero-order chi connectivity index (χ0) is 14.7. The number of hydrogen-bond acceptors (Lipinski definition) is 3. The summed E-state index contributed by atoms with van der Waals surface area (Å²) in [6.45, 7) is 5.55. The summed E-state index contributed by atoms with van der Waals surface area (Å²) in [4.78, 5) is 15.2. The molecule has 2 heterocycles. The zero-order valence-corrected chi connectivity index (χ0v) is 13.7. The summed E-state index contributed by atoms with van der Waals surface area (Å²) in [6, 6.07) is 2.16. The van der Waals surface area contributed by atoms with Crippen molar-refractivity contribution in [3.05, 3.63) is 22.4 Å². The Bertz CT molecular complexity index is 545. The number of carbonyl (C=O) groups is 1. The third-order valence-electron chi connectivity index (χ3n) is 5.85. The number of nitrogens with one attached hydrogen (secondary N) is 1. The third kappa shape index (κ3) is 2.15. The molecule has 3 nitrogen and oxygen atoms in total.